The second-order valence-corrected chi connectivity index (χ2v) is 13.7. The molecule has 0 amide bonds. The van der Waals surface area contributed by atoms with E-state index in [1.165, 1.54) is 18.4 Å². The number of carbonyl (C=O) groups excluding carboxylic acids is 1. The van der Waals surface area contributed by atoms with Crippen LogP contribution >= 0.6 is 7.75 Å². The number of anilines is 1. The summed E-state index contributed by atoms with van der Waals surface area (Å²) in [5, 5.41) is 27.0. The van der Waals surface area contributed by atoms with Gasteiger partial charge in [-0.15, -0.1) is 0 Å². The predicted molar refractivity (Wildman–Crippen MR) is 183 cm³/mol. The minimum absolute atomic E-state index is 0.00455. The molecule has 6 rings (SSSR count). The van der Waals surface area contributed by atoms with Gasteiger partial charge in [0, 0.05) is 5.39 Å². The minimum Gasteiger partial charge on any atom is -0.476 e. The van der Waals surface area contributed by atoms with Crippen LogP contribution in [0.5, 0.6) is 11.6 Å². The van der Waals surface area contributed by atoms with Gasteiger partial charge in [0.05, 0.1) is 13.2 Å². The molecule has 50 heavy (non-hydrogen) atoms. The number of esters is 1. The molecule has 6 unspecified atom stereocenters. The smallest absolute Gasteiger partial charge is 0.459 e. The van der Waals surface area contributed by atoms with E-state index in [1.807, 2.05) is 48.5 Å². The van der Waals surface area contributed by atoms with E-state index >= 15 is 0 Å². The number of carbonyl (C=O) groups is 1. The van der Waals surface area contributed by atoms with E-state index in [0.717, 1.165) is 10.9 Å². The van der Waals surface area contributed by atoms with Gasteiger partial charge in [-0.1, -0.05) is 66.7 Å². The molecule has 5 aromatic rings. The van der Waals surface area contributed by atoms with Crippen LogP contribution in [0.2, 0.25) is 0 Å². The van der Waals surface area contributed by atoms with Crippen molar-refractivity contribution in [2.75, 3.05) is 18.9 Å². The second kappa shape index (κ2) is 14.3. The number of nitrogens with one attached hydrogen (secondary N) is 1. The highest BCUT2D eigenvalue weighted by Gasteiger charge is 2.54. The first-order valence-electron chi connectivity index (χ1n) is 16.0. The molecule has 0 aliphatic carbocycles. The summed E-state index contributed by atoms with van der Waals surface area (Å²) in [6, 6.07) is 20.5. The van der Waals surface area contributed by atoms with Crippen molar-refractivity contribution in [1.29, 1.82) is 0 Å². The fourth-order valence-electron chi connectivity index (χ4n) is 5.75. The van der Waals surface area contributed by atoms with Gasteiger partial charge in [-0.3, -0.25) is 13.9 Å². The summed E-state index contributed by atoms with van der Waals surface area (Å²) < 4.78 is 45.1. The fourth-order valence-corrected chi connectivity index (χ4v) is 7.28. The molecule has 15 nitrogen and oxygen atoms in total. The van der Waals surface area contributed by atoms with Gasteiger partial charge in [0.1, 0.15) is 42.0 Å². The normalized spacial score (nSPS) is 22.3. The molecular formula is C34H39N6O9P. The van der Waals surface area contributed by atoms with Gasteiger partial charge in [0.15, 0.2) is 17.4 Å². The number of aromatic nitrogens is 4. The number of nitrogens with two attached hydrogens (primary N) is 1. The van der Waals surface area contributed by atoms with Gasteiger partial charge >= 0.3 is 13.7 Å². The lowest BCUT2D eigenvalue weighted by Crippen LogP contribution is -2.44. The van der Waals surface area contributed by atoms with Crippen molar-refractivity contribution >= 4 is 41.6 Å². The maximum absolute atomic E-state index is 14.5. The summed E-state index contributed by atoms with van der Waals surface area (Å²) in [7, 11) is -4.42. The number of aryl methyl sites for hydroxylation is 1. The van der Waals surface area contributed by atoms with Crippen molar-refractivity contribution in [2.24, 2.45) is 0 Å². The van der Waals surface area contributed by atoms with Gasteiger partial charge in [0.25, 0.3) is 0 Å². The van der Waals surface area contributed by atoms with Crippen molar-refractivity contribution in [1.82, 2.24) is 24.6 Å². The van der Waals surface area contributed by atoms with Crippen LogP contribution in [0.3, 0.4) is 0 Å². The van der Waals surface area contributed by atoms with E-state index in [1.54, 1.807) is 38.1 Å². The molecule has 6 atom stereocenters. The highest BCUT2D eigenvalue weighted by atomic mass is 31.2. The molecular weight excluding hydrogens is 667 g/mol. The minimum atomic E-state index is -4.42. The first kappa shape index (κ1) is 35.2. The fraction of sp³-hybridized carbons (Fsp3) is 0.353. The van der Waals surface area contributed by atoms with Crippen LogP contribution < -0.4 is 20.1 Å². The number of benzene rings is 3. The van der Waals surface area contributed by atoms with Crippen LogP contribution in [0.4, 0.5) is 5.95 Å². The number of imidazole rings is 1. The van der Waals surface area contributed by atoms with Gasteiger partial charge in [0.2, 0.25) is 11.8 Å². The van der Waals surface area contributed by atoms with Gasteiger partial charge < -0.3 is 34.7 Å². The Labute approximate surface area is 287 Å². The van der Waals surface area contributed by atoms with Crippen LogP contribution in [0.15, 0.2) is 72.8 Å². The summed E-state index contributed by atoms with van der Waals surface area (Å²) >= 11 is 0. The molecule has 0 radical (unpaired) electrons. The van der Waals surface area contributed by atoms with Crippen LogP contribution in [-0.2, 0) is 30.0 Å². The molecule has 1 fully saturated rings. The summed E-state index contributed by atoms with van der Waals surface area (Å²) in [5.74, 6) is -0.0357. The predicted octanol–water partition coefficient (Wildman–Crippen LogP) is 4.20. The first-order valence-corrected chi connectivity index (χ1v) is 17.6. The molecule has 1 aliphatic heterocycles. The van der Waals surface area contributed by atoms with E-state index < -0.39 is 50.4 Å². The summed E-state index contributed by atoms with van der Waals surface area (Å²) in [5.41, 5.74) is 5.32. The standard InChI is InChI=1S/C34H39N6O9P/c1-5-45-30-27-29(37-33(35)38-30)40(21(3)36-27)32-34(4,43)28(41)26(48-32)19-47-50(44,49-25-17-11-15-23-14-9-10-16-24(23)25)39-20(2)31(42)46-18-22-12-7-6-8-13-22/h6-17,20,26,28,32,41,43H,5,18-19H2,1-4H3,(H,39,44)(H2,35,37,38). The SMILES string of the molecule is CCOc1nc(N)nc2c1nc(C)n2C1OC(COP(=O)(NC(C)C(=O)OCc2ccccc2)Oc2cccc3ccccc23)C(O)C1(C)O. The molecule has 1 aliphatic rings. The van der Waals surface area contributed by atoms with Crippen LogP contribution in [0.1, 0.15) is 38.4 Å². The number of fused-ring (bicyclic) bond motifs is 2. The number of aliphatic hydroxyl groups is 2. The Morgan fingerprint density at radius 3 is 2.58 bits per heavy atom. The Bertz CT molecular complexity index is 2040. The Balaban J connectivity index is 1.25. The number of nitrogens with zero attached hydrogens (tertiary/aromatic N) is 4. The third-order valence-electron chi connectivity index (χ3n) is 8.28. The molecule has 0 saturated carbocycles. The maximum atomic E-state index is 14.5. The third kappa shape index (κ3) is 7.15. The van der Waals surface area contributed by atoms with Gasteiger partial charge in [-0.25, -0.2) is 9.55 Å². The zero-order valence-corrected chi connectivity index (χ0v) is 28.8. The Morgan fingerprint density at radius 2 is 1.82 bits per heavy atom. The molecule has 1 saturated heterocycles. The first-order chi connectivity index (χ1) is 23.9. The van der Waals surface area contributed by atoms with Crippen molar-refractivity contribution in [3.05, 3.63) is 84.2 Å². The molecule has 2 aromatic heterocycles. The maximum Gasteiger partial charge on any atom is 0.459 e. The lowest BCUT2D eigenvalue weighted by molar-refractivity contribution is -0.146. The van der Waals surface area contributed by atoms with Crippen LogP contribution in [-0.4, -0.2) is 72.8 Å². The number of aliphatic hydroxyl groups excluding tert-OH is 1. The molecule has 0 spiro atoms. The summed E-state index contributed by atoms with van der Waals surface area (Å²) in [6.07, 6.45) is -4.02. The second-order valence-electron chi connectivity index (χ2n) is 12.0. The molecule has 3 heterocycles. The molecule has 3 aromatic carbocycles. The number of nitrogen functional groups attached to an aromatic ring is 1. The van der Waals surface area contributed by atoms with Crippen molar-refractivity contribution in [2.45, 2.75) is 64.4 Å². The van der Waals surface area contributed by atoms with Crippen molar-refractivity contribution in [3.63, 3.8) is 0 Å². The average molecular weight is 707 g/mol. The quantitative estimate of drug-likeness (QED) is 0.100. The topological polar surface area (TPSA) is 202 Å². The van der Waals surface area contributed by atoms with E-state index in [-0.39, 0.29) is 35.3 Å². The molecule has 264 valence electrons. The molecule has 5 N–H and O–H groups in total. The highest BCUT2D eigenvalue weighted by Crippen LogP contribution is 2.49. The number of rotatable bonds is 13. The zero-order chi connectivity index (χ0) is 35.6. The van der Waals surface area contributed by atoms with E-state index in [9.17, 15) is 19.6 Å². The lowest BCUT2D eigenvalue weighted by Gasteiger charge is -2.28. The molecule has 16 heteroatoms. The van der Waals surface area contributed by atoms with Crippen LogP contribution in [0, 0.1) is 6.92 Å². The Hall–Kier alpha value is -4.63. The summed E-state index contributed by atoms with van der Waals surface area (Å²) in [4.78, 5) is 25.9. The van der Waals surface area contributed by atoms with Crippen molar-refractivity contribution < 1.29 is 42.8 Å². The van der Waals surface area contributed by atoms with Gasteiger partial charge in [-0.2, -0.15) is 15.1 Å². The van der Waals surface area contributed by atoms with Gasteiger partial charge in [-0.05, 0) is 44.7 Å². The van der Waals surface area contributed by atoms with Crippen LogP contribution in [0.25, 0.3) is 21.9 Å². The van der Waals surface area contributed by atoms with E-state index in [2.05, 4.69) is 20.0 Å². The third-order valence-corrected chi connectivity index (χ3v) is 9.91. The number of ether oxygens (including phenoxy) is 3. The summed E-state index contributed by atoms with van der Waals surface area (Å²) in [6.45, 7) is 6.08. The Morgan fingerprint density at radius 1 is 1.10 bits per heavy atom. The average Bonchev–Trinajstić information content (AvgIpc) is 3.53. The Kier molecular flexibility index (Phi) is 10.1. The lowest BCUT2D eigenvalue weighted by atomic mass is 9.96. The van der Waals surface area contributed by atoms with E-state index in [4.69, 9.17) is 29.0 Å². The monoisotopic (exact) mass is 706 g/mol. The van der Waals surface area contributed by atoms with Crippen molar-refractivity contribution in [3.8, 4) is 11.6 Å². The molecule has 0 bridgehead atoms. The number of hydrogen-bond acceptors (Lipinski definition) is 13. The highest BCUT2D eigenvalue weighted by molar-refractivity contribution is 7.52. The number of hydrogen-bond donors (Lipinski definition) is 4. The largest absolute Gasteiger partial charge is 0.476 e. The van der Waals surface area contributed by atoms with E-state index in [0.29, 0.717) is 17.8 Å². The zero-order valence-electron chi connectivity index (χ0n) is 27.9.